The number of nitrogens with zero attached hydrogens (tertiary/aromatic N) is 3. The second-order valence-corrected chi connectivity index (χ2v) is 9.73. The number of likely N-dealkylation sites (N-methyl/N-ethyl adjacent to an activating group) is 1. The Labute approximate surface area is 164 Å². The van der Waals surface area contributed by atoms with Gasteiger partial charge in [-0.25, -0.2) is 4.98 Å². The summed E-state index contributed by atoms with van der Waals surface area (Å²) in [5.74, 6) is 0.00554. The molecule has 1 aromatic carbocycles. The van der Waals surface area contributed by atoms with Gasteiger partial charge in [-0.05, 0) is 73.2 Å². The number of aromatic nitrogens is 1. The first-order valence-corrected chi connectivity index (χ1v) is 10.4. The summed E-state index contributed by atoms with van der Waals surface area (Å²) in [5, 5.41) is 0.764. The van der Waals surface area contributed by atoms with Crippen molar-refractivity contribution in [3.63, 3.8) is 0 Å². The number of rotatable bonds is 5. The maximum Gasteiger partial charge on any atom is 0.270 e. The molecule has 3 aromatic rings. The molecule has 2 heterocycles. The summed E-state index contributed by atoms with van der Waals surface area (Å²) in [7, 11) is 4.02. The average molecular weight is 438 g/mol. The third-order valence-electron chi connectivity index (χ3n) is 3.84. The van der Waals surface area contributed by atoms with E-state index in [1.165, 1.54) is 22.5 Å². The Hall–Kier alpha value is -1.28. The van der Waals surface area contributed by atoms with Gasteiger partial charge < -0.3 is 4.90 Å². The molecule has 0 fully saturated rings. The van der Waals surface area contributed by atoms with Crippen LogP contribution in [0.15, 0.2) is 28.1 Å². The highest BCUT2D eigenvalue weighted by molar-refractivity contribution is 9.11. The zero-order valence-electron chi connectivity index (χ0n) is 14.7. The standard InChI is InChI=1S/C18H20BrN3OS2/c1-11-9-12(2)16-13(10-11)20-18(25-16)22(8-7-21(3)4)17(23)14-5-6-15(19)24-14/h5-6,9-10H,7-8H2,1-4H3. The molecular formula is C18H20BrN3OS2. The van der Waals surface area contributed by atoms with E-state index >= 15 is 0 Å². The van der Waals surface area contributed by atoms with E-state index in [0.717, 1.165) is 30.6 Å². The quantitative estimate of drug-likeness (QED) is 0.566. The normalized spacial score (nSPS) is 11.4. The van der Waals surface area contributed by atoms with Crippen LogP contribution in [0.3, 0.4) is 0 Å². The Morgan fingerprint density at radius 2 is 1.92 bits per heavy atom. The van der Waals surface area contributed by atoms with Crippen LogP contribution in [0.1, 0.15) is 20.8 Å². The average Bonchev–Trinajstić information content (AvgIpc) is 3.13. The lowest BCUT2D eigenvalue weighted by molar-refractivity contribution is 0.0989. The molecule has 0 atom stereocenters. The van der Waals surface area contributed by atoms with Crippen LogP contribution in [0.2, 0.25) is 0 Å². The van der Waals surface area contributed by atoms with Crippen LogP contribution >= 0.6 is 38.6 Å². The molecular weight excluding hydrogens is 418 g/mol. The van der Waals surface area contributed by atoms with Gasteiger partial charge in [-0.3, -0.25) is 9.69 Å². The Kier molecular flexibility index (Phi) is 5.58. The summed E-state index contributed by atoms with van der Waals surface area (Å²) in [4.78, 5) is 22.4. The molecule has 0 N–H and O–H groups in total. The molecule has 3 rings (SSSR count). The first kappa shape index (κ1) is 18.5. The molecule has 1 amide bonds. The van der Waals surface area contributed by atoms with Crippen molar-refractivity contribution in [2.75, 3.05) is 32.1 Å². The van der Waals surface area contributed by atoms with Gasteiger partial charge in [-0.1, -0.05) is 17.4 Å². The van der Waals surface area contributed by atoms with Gasteiger partial charge in [0.2, 0.25) is 0 Å². The Balaban J connectivity index is 2.01. The van der Waals surface area contributed by atoms with Crippen molar-refractivity contribution in [2.24, 2.45) is 0 Å². The van der Waals surface area contributed by atoms with Crippen molar-refractivity contribution in [3.8, 4) is 0 Å². The van der Waals surface area contributed by atoms with Crippen molar-refractivity contribution in [1.29, 1.82) is 0 Å². The summed E-state index contributed by atoms with van der Waals surface area (Å²) in [6.07, 6.45) is 0. The highest BCUT2D eigenvalue weighted by Gasteiger charge is 2.23. The Morgan fingerprint density at radius 3 is 2.56 bits per heavy atom. The summed E-state index contributed by atoms with van der Waals surface area (Å²) < 4.78 is 2.11. The Bertz CT molecular complexity index is 916. The summed E-state index contributed by atoms with van der Waals surface area (Å²) in [6, 6.07) is 8.02. The molecule has 0 saturated carbocycles. The number of carbonyl (C=O) groups excluding carboxylic acids is 1. The van der Waals surface area contributed by atoms with Gasteiger partial charge in [-0.2, -0.15) is 0 Å². The lowest BCUT2D eigenvalue weighted by Crippen LogP contribution is -2.36. The van der Waals surface area contributed by atoms with E-state index in [4.69, 9.17) is 4.98 Å². The van der Waals surface area contributed by atoms with Gasteiger partial charge in [-0.15, -0.1) is 11.3 Å². The van der Waals surface area contributed by atoms with Crippen LogP contribution in [0.25, 0.3) is 10.2 Å². The van der Waals surface area contributed by atoms with Crippen molar-refractivity contribution in [1.82, 2.24) is 9.88 Å². The smallest absolute Gasteiger partial charge is 0.270 e. The number of benzene rings is 1. The van der Waals surface area contributed by atoms with E-state index in [9.17, 15) is 4.79 Å². The largest absolute Gasteiger partial charge is 0.308 e. The molecule has 4 nitrogen and oxygen atoms in total. The van der Waals surface area contributed by atoms with Crippen LogP contribution in [0.5, 0.6) is 0 Å². The van der Waals surface area contributed by atoms with Crippen molar-refractivity contribution in [3.05, 3.63) is 44.1 Å². The fourth-order valence-corrected chi connectivity index (χ4v) is 5.00. The molecule has 0 aliphatic rings. The molecule has 0 bridgehead atoms. The molecule has 0 radical (unpaired) electrons. The second kappa shape index (κ2) is 7.53. The van der Waals surface area contributed by atoms with Crippen LogP contribution < -0.4 is 4.90 Å². The third kappa shape index (κ3) is 4.11. The number of fused-ring (bicyclic) bond motifs is 1. The van der Waals surface area contributed by atoms with Gasteiger partial charge in [0, 0.05) is 13.1 Å². The monoisotopic (exact) mass is 437 g/mol. The number of amides is 1. The number of thiazole rings is 1. The molecule has 132 valence electrons. The predicted molar refractivity (Wildman–Crippen MR) is 111 cm³/mol. The molecule has 0 aliphatic carbocycles. The van der Waals surface area contributed by atoms with Crippen molar-refractivity contribution < 1.29 is 4.79 Å². The van der Waals surface area contributed by atoms with Crippen molar-refractivity contribution >= 4 is 59.9 Å². The number of carbonyl (C=O) groups is 1. The zero-order chi connectivity index (χ0) is 18.1. The fourth-order valence-electron chi connectivity index (χ4n) is 2.63. The number of hydrogen-bond acceptors (Lipinski definition) is 5. The molecule has 2 aromatic heterocycles. The number of hydrogen-bond donors (Lipinski definition) is 0. The fraction of sp³-hybridized carbons (Fsp3) is 0.333. The maximum absolute atomic E-state index is 13.1. The van der Waals surface area contributed by atoms with E-state index in [0.29, 0.717) is 6.54 Å². The van der Waals surface area contributed by atoms with Crippen LogP contribution in [0, 0.1) is 13.8 Å². The van der Waals surface area contributed by atoms with Gasteiger partial charge >= 0.3 is 0 Å². The van der Waals surface area contributed by atoms with Crippen LogP contribution in [0.4, 0.5) is 5.13 Å². The first-order valence-electron chi connectivity index (χ1n) is 7.95. The molecule has 0 aliphatic heterocycles. The highest BCUT2D eigenvalue weighted by Crippen LogP contribution is 2.33. The highest BCUT2D eigenvalue weighted by atomic mass is 79.9. The minimum Gasteiger partial charge on any atom is -0.308 e. The van der Waals surface area contributed by atoms with Crippen LogP contribution in [-0.2, 0) is 0 Å². The SMILES string of the molecule is Cc1cc(C)c2sc(N(CCN(C)C)C(=O)c3ccc(Br)s3)nc2c1. The van der Waals surface area contributed by atoms with Crippen LogP contribution in [-0.4, -0.2) is 43.0 Å². The topological polar surface area (TPSA) is 36.4 Å². The molecule has 0 unspecified atom stereocenters. The van der Waals surface area contributed by atoms with Gasteiger partial charge in [0.25, 0.3) is 5.91 Å². The summed E-state index contributed by atoms with van der Waals surface area (Å²) in [6.45, 7) is 5.56. The number of anilines is 1. The van der Waals surface area contributed by atoms with E-state index in [1.807, 2.05) is 26.2 Å². The van der Waals surface area contributed by atoms with Gasteiger partial charge in [0.1, 0.15) is 0 Å². The number of aryl methyl sites for hydroxylation is 2. The summed E-state index contributed by atoms with van der Waals surface area (Å²) >= 11 is 6.49. The third-order valence-corrected chi connectivity index (χ3v) is 6.68. The van der Waals surface area contributed by atoms with E-state index in [1.54, 1.807) is 16.2 Å². The minimum absolute atomic E-state index is 0.00554. The first-order chi connectivity index (χ1) is 11.8. The molecule has 0 saturated heterocycles. The molecule has 0 spiro atoms. The lowest BCUT2D eigenvalue weighted by Gasteiger charge is -2.21. The lowest BCUT2D eigenvalue weighted by atomic mass is 10.1. The number of halogens is 1. The van der Waals surface area contributed by atoms with Gasteiger partial charge in [0.15, 0.2) is 5.13 Å². The summed E-state index contributed by atoms with van der Waals surface area (Å²) in [5.41, 5.74) is 3.36. The van der Waals surface area contributed by atoms with E-state index in [-0.39, 0.29) is 5.91 Å². The molecule has 25 heavy (non-hydrogen) atoms. The Morgan fingerprint density at radius 1 is 1.16 bits per heavy atom. The zero-order valence-corrected chi connectivity index (χ0v) is 17.9. The van der Waals surface area contributed by atoms with Crippen molar-refractivity contribution in [2.45, 2.75) is 13.8 Å². The van der Waals surface area contributed by atoms with E-state index < -0.39 is 0 Å². The molecule has 7 heteroatoms. The second-order valence-electron chi connectivity index (χ2n) is 6.29. The van der Waals surface area contributed by atoms with E-state index in [2.05, 4.69) is 46.8 Å². The minimum atomic E-state index is 0.00554. The number of thiophene rings is 1. The van der Waals surface area contributed by atoms with Gasteiger partial charge in [0.05, 0.1) is 18.9 Å². The maximum atomic E-state index is 13.1. The predicted octanol–water partition coefficient (Wildman–Crippen LogP) is 4.95.